The van der Waals surface area contributed by atoms with E-state index in [9.17, 15) is 9.59 Å². The molecule has 0 radical (unpaired) electrons. The molecule has 0 spiro atoms. The van der Waals surface area contributed by atoms with Gasteiger partial charge in [0, 0.05) is 6.42 Å². The maximum Gasteiger partial charge on any atom is 0.308 e. The number of carbonyl (C=O) groups excluding carboxylic acids is 2. The summed E-state index contributed by atoms with van der Waals surface area (Å²) in [6.45, 7) is 8.45. The predicted octanol–water partition coefficient (Wildman–Crippen LogP) is 4.68. The third-order valence-corrected chi connectivity index (χ3v) is 4.55. The Morgan fingerprint density at radius 1 is 0.679 bits per heavy atom. The first-order chi connectivity index (χ1) is 13.7. The van der Waals surface area contributed by atoms with Gasteiger partial charge in [0.1, 0.15) is 13.2 Å². The highest BCUT2D eigenvalue weighted by molar-refractivity contribution is 5.72. The summed E-state index contributed by atoms with van der Waals surface area (Å²) in [4.78, 5) is 23.4. The molecule has 166 valence electrons. The first kappa shape index (κ1) is 26.9. The molecule has 6 nitrogen and oxygen atoms in total. The van der Waals surface area contributed by atoms with Crippen molar-refractivity contribution in [2.24, 2.45) is 5.92 Å². The van der Waals surface area contributed by atoms with Crippen LogP contribution in [0.1, 0.15) is 85.0 Å². The Bertz CT molecular complexity index is 372. The third-order valence-electron chi connectivity index (χ3n) is 4.55. The van der Waals surface area contributed by atoms with Crippen LogP contribution in [0.25, 0.3) is 0 Å². The van der Waals surface area contributed by atoms with Crippen molar-refractivity contribution in [1.29, 1.82) is 0 Å². The number of rotatable bonds is 20. The van der Waals surface area contributed by atoms with Gasteiger partial charge in [-0.3, -0.25) is 9.59 Å². The molecule has 6 heteroatoms. The van der Waals surface area contributed by atoms with Crippen molar-refractivity contribution in [2.75, 3.05) is 39.6 Å². The quantitative estimate of drug-likeness (QED) is 0.217. The van der Waals surface area contributed by atoms with E-state index in [0.29, 0.717) is 32.8 Å². The van der Waals surface area contributed by atoms with E-state index in [4.69, 9.17) is 18.9 Å². The van der Waals surface area contributed by atoms with E-state index >= 15 is 0 Å². The highest BCUT2D eigenvalue weighted by atomic mass is 16.6. The van der Waals surface area contributed by atoms with E-state index in [1.165, 1.54) is 19.3 Å². The molecule has 0 rings (SSSR count). The fraction of sp³-hybridized carbons (Fsp3) is 0.909. The average Bonchev–Trinajstić information content (AvgIpc) is 2.69. The Labute approximate surface area is 171 Å². The molecule has 0 aliphatic rings. The second kappa shape index (κ2) is 20.6. The maximum absolute atomic E-state index is 11.9. The molecule has 0 heterocycles. The van der Waals surface area contributed by atoms with Crippen LogP contribution in [0, 0.1) is 5.92 Å². The minimum absolute atomic E-state index is 0.00216. The Morgan fingerprint density at radius 3 is 1.86 bits per heavy atom. The standard InChI is InChI=1S/C22H42O6/c1-4-7-9-10-11-13-21(23)27-18-16-25-14-15-26-17-19-28-22(24)20(6-3)12-8-5-2/h20H,4-19H2,1-3H3. The Morgan fingerprint density at radius 2 is 1.25 bits per heavy atom. The molecule has 0 saturated carbocycles. The number of hydrogen-bond donors (Lipinski definition) is 0. The summed E-state index contributed by atoms with van der Waals surface area (Å²) >= 11 is 0. The molecule has 1 unspecified atom stereocenters. The number of ether oxygens (including phenoxy) is 4. The molecular weight excluding hydrogens is 360 g/mol. The number of esters is 2. The molecule has 0 bridgehead atoms. The van der Waals surface area contributed by atoms with Crippen molar-refractivity contribution < 1.29 is 28.5 Å². The molecule has 0 aliphatic carbocycles. The zero-order valence-corrected chi connectivity index (χ0v) is 18.3. The Kier molecular flexibility index (Phi) is 19.8. The van der Waals surface area contributed by atoms with Crippen molar-refractivity contribution in [3.63, 3.8) is 0 Å². The smallest absolute Gasteiger partial charge is 0.308 e. The summed E-state index contributed by atoms with van der Waals surface area (Å²) in [6.07, 6.45) is 9.94. The predicted molar refractivity (Wildman–Crippen MR) is 110 cm³/mol. The topological polar surface area (TPSA) is 71.1 Å². The van der Waals surface area contributed by atoms with E-state index in [1.54, 1.807) is 0 Å². The van der Waals surface area contributed by atoms with Crippen LogP contribution in [0.5, 0.6) is 0 Å². The highest BCUT2D eigenvalue weighted by Crippen LogP contribution is 2.14. The fourth-order valence-corrected chi connectivity index (χ4v) is 2.74. The minimum Gasteiger partial charge on any atom is -0.463 e. The zero-order chi connectivity index (χ0) is 20.9. The lowest BCUT2D eigenvalue weighted by molar-refractivity contribution is -0.151. The monoisotopic (exact) mass is 402 g/mol. The number of carbonyl (C=O) groups is 2. The molecule has 0 aromatic heterocycles. The van der Waals surface area contributed by atoms with Gasteiger partial charge in [-0.05, 0) is 19.3 Å². The van der Waals surface area contributed by atoms with Crippen molar-refractivity contribution in [3.8, 4) is 0 Å². The summed E-state index contributed by atoms with van der Waals surface area (Å²) in [5, 5.41) is 0. The SMILES string of the molecule is CCCCCCCC(=O)OCCOCCOCCOC(=O)C(CC)CCCC. The van der Waals surface area contributed by atoms with Gasteiger partial charge in [0.15, 0.2) is 0 Å². The van der Waals surface area contributed by atoms with Crippen LogP contribution in [-0.2, 0) is 28.5 Å². The molecule has 0 aromatic carbocycles. The summed E-state index contributed by atoms with van der Waals surface area (Å²) in [5.74, 6) is -0.271. The first-order valence-electron chi connectivity index (χ1n) is 11.1. The summed E-state index contributed by atoms with van der Waals surface area (Å²) in [6, 6.07) is 0. The van der Waals surface area contributed by atoms with E-state index < -0.39 is 0 Å². The molecule has 0 aromatic rings. The minimum atomic E-state index is -0.150. The molecule has 0 aliphatic heterocycles. The van der Waals surface area contributed by atoms with Crippen LogP contribution in [0.15, 0.2) is 0 Å². The largest absolute Gasteiger partial charge is 0.463 e. The van der Waals surface area contributed by atoms with Gasteiger partial charge in [0.25, 0.3) is 0 Å². The average molecular weight is 403 g/mol. The Balaban J connectivity index is 3.39. The molecule has 28 heavy (non-hydrogen) atoms. The normalized spacial score (nSPS) is 12.0. The van der Waals surface area contributed by atoms with Crippen molar-refractivity contribution in [3.05, 3.63) is 0 Å². The van der Waals surface area contributed by atoms with Crippen LogP contribution in [0.4, 0.5) is 0 Å². The first-order valence-corrected chi connectivity index (χ1v) is 11.1. The van der Waals surface area contributed by atoms with E-state index in [0.717, 1.165) is 38.5 Å². The van der Waals surface area contributed by atoms with Gasteiger partial charge in [-0.15, -0.1) is 0 Å². The van der Waals surface area contributed by atoms with E-state index in [-0.39, 0.29) is 31.1 Å². The van der Waals surface area contributed by atoms with Crippen molar-refractivity contribution in [2.45, 2.75) is 85.0 Å². The van der Waals surface area contributed by atoms with E-state index in [2.05, 4.69) is 13.8 Å². The maximum atomic E-state index is 11.9. The molecule has 0 fully saturated rings. The summed E-state index contributed by atoms with van der Waals surface area (Å²) in [5.41, 5.74) is 0. The van der Waals surface area contributed by atoms with Crippen LogP contribution in [-0.4, -0.2) is 51.6 Å². The van der Waals surface area contributed by atoms with Gasteiger partial charge in [-0.25, -0.2) is 0 Å². The van der Waals surface area contributed by atoms with Gasteiger partial charge < -0.3 is 18.9 Å². The lowest BCUT2D eigenvalue weighted by atomic mass is 10.00. The van der Waals surface area contributed by atoms with Gasteiger partial charge in [0.2, 0.25) is 0 Å². The van der Waals surface area contributed by atoms with Gasteiger partial charge in [-0.2, -0.15) is 0 Å². The summed E-state index contributed by atoms with van der Waals surface area (Å²) in [7, 11) is 0. The fourth-order valence-electron chi connectivity index (χ4n) is 2.74. The number of unbranched alkanes of at least 4 members (excludes halogenated alkanes) is 5. The second-order valence-electron chi connectivity index (χ2n) is 7.02. The van der Waals surface area contributed by atoms with Gasteiger partial charge in [-0.1, -0.05) is 59.3 Å². The molecular formula is C22H42O6. The van der Waals surface area contributed by atoms with Gasteiger partial charge in [0.05, 0.1) is 32.3 Å². The summed E-state index contributed by atoms with van der Waals surface area (Å²) < 4.78 is 21.1. The van der Waals surface area contributed by atoms with Gasteiger partial charge >= 0.3 is 11.9 Å². The zero-order valence-electron chi connectivity index (χ0n) is 18.3. The van der Waals surface area contributed by atoms with Crippen LogP contribution < -0.4 is 0 Å². The molecule has 0 N–H and O–H groups in total. The van der Waals surface area contributed by atoms with E-state index in [1.807, 2.05) is 6.92 Å². The third kappa shape index (κ3) is 17.0. The second-order valence-corrected chi connectivity index (χ2v) is 7.02. The molecule has 0 saturated heterocycles. The lowest BCUT2D eigenvalue weighted by Gasteiger charge is -2.13. The van der Waals surface area contributed by atoms with Crippen molar-refractivity contribution in [1.82, 2.24) is 0 Å². The Hall–Kier alpha value is -1.14. The molecule has 1 atom stereocenters. The highest BCUT2D eigenvalue weighted by Gasteiger charge is 2.16. The van der Waals surface area contributed by atoms with Crippen LogP contribution in [0.2, 0.25) is 0 Å². The van der Waals surface area contributed by atoms with Crippen molar-refractivity contribution >= 4 is 11.9 Å². The van der Waals surface area contributed by atoms with Crippen LogP contribution in [0.3, 0.4) is 0 Å². The van der Waals surface area contributed by atoms with Crippen LogP contribution >= 0.6 is 0 Å². The number of hydrogen-bond acceptors (Lipinski definition) is 6. The lowest BCUT2D eigenvalue weighted by Crippen LogP contribution is -2.20. The molecule has 0 amide bonds.